The van der Waals surface area contributed by atoms with Crippen molar-refractivity contribution in [3.05, 3.63) is 59.9 Å². The number of aromatic nitrogens is 2. The Morgan fingerprint density at radius 1 is 1.10 bits per heavy atom. The van der Waals surface area contributed by atoms with Gasteiger partial charge in [-0.1, -0.05) is 24.3 Å². The quantitative estimate of drug-likeness (QED) is 0.492. The van der Waals surface area contributed by atoms with E-state index >= 15 is 0 Å². The highest BCUT2D eigenvalue weighted by Gasteiger charge is 2.37. The number of anilines is 1. The number of hydrogen-bond acceptors (Lipinski definition) is 4. The molecule has 0 atom stereocenters. The lowest BCUT2D eigenvalue weighted by atomic mass is 10.1. The summed E-state index contributed by atoms with van der Waals surface area (Å²) >= 11 is 0. The highest BCUT2D eigenvalue weighted by Crippen LogP contribution is 2.31. The number of amides is 2. The molecule has 0 aliphatic carbocycles. The number of nitrogens with one attached hydrogen (secondary N) is 2. The summed E-state index contributed by atoms with van der Waals surface area (Å²) < 4.78 is 40.8. The van der Waals surface area contributed by atoms with E-state index in [-0.39, 0.29) is 16.9 Å². The maximum Gasteiger partial charge on any atom is 0.449 e. The molecule has 0 aliphatic rings. The number of hydrogen-bond donors (Lipinski definition) is 2. The van der Waals surface area contributed by atoms with E-state index in [9.17, 15) is 22.8 Å². The predicted octanol–water partition coefficient (Wildman–Crippen LogP) is 3.55. The molecule has 1 heterocycles. The van der Waals surface area contributed by atoms with Crippen molar-refractivity contribution >= 4 is 34.2 Å². The van der Waals surface area contributed by atoms with Crippen LogP contribution >= 0.6 is 0 Å². The van der Waals surface area contributed by atoms with E-state index in [1.807, 2.05) is 0 Å². The van der Waals surface area contributed by atoms with Crippen LogP contribution in [0.15, 0.2) is 53.6 Å². The van der Waals surface area contributed by atoms with Crippen molar-refractivity contribution in [1.29, 1.82) is 0 Å². The molecule has 0 unspecified atom stereocenters. The summed E-state index contributed by atoms with van der Waals surface area (Å²) in [6, 6.07) is 12.8. The second kappa shape index (κ2) is 8.36. The molecule has 0 saturated carbocycles. The summed E-state index contributed by atoms with van der Waals surface area (Å²) in [5.74, 6) is -2.12. The Hall–Kier alpha value is -3.69. The number of para-hydroxylation sites is 2. The van der Waals surface area contributed by atoms with E-state index in [2.05, 4.69) is 20.8 Å². The zero-order valence-corrected chi connectivity index (χ0v) is 16.1. The maximum absolute atomic E-state index is 13.3. The highest BCUT2D eigenvalue weighted by atomic mass is 19.4. The number of halogens is 3. The van der Waals surface area contributed by atoms with Gasteiger partial charge in [-0.3, -0.25) is 9.59 Å². The normalized spacial score (nSPS) is 12.1. The Balaban J connectivity index is 1.79. The summed E-state index contributed by atoms with van der Waals surface area (Å²) in [7, 11) is 0. The van der Waals surface area contributed by atoms with Crippen LogP contribution in [-0.2, 0) is 22.3 Å². The standard InChI is InChI=1S/C20H18F3N5O2/c1-12(14-6-5-7-15(10-14)24-13(2)29)26-27-18(30)11-28-17-9-4-3-8-16(17)25-19(28)20(21,22)23/h3-10H,11H2,1-2H3,(H,24,29)(H,27,30). The maximum atomic E-state index is 13.3. The molecular formula is C20H18F3N5O2. The van der Waals surface area contributed by atoms with Crippen molar-refractivity contribution in [3.63, 3.8) is 0 Å². The van der Waals surface area contributed by atoms with Gasteiger partial charge in [0.05, 0.1) is 16.7 Å². The number of alkyl halides is 3. The number of carbonyl (C=O) groups excluding carboxylic acids is 2. The number of imidazole rings is 1. The minimum atomic E-state index is -4.71. The first-order chi connectivity index (χ1) is 14.1. The van der Waals surface area contributed by atoms with E-state index in [0.717, 1.165) is 4.57 Å². The zero-order chi connectivity index (χ0) is 21.9. The molecule has 0 spiro atoms. The SMILES string of the molecule is CC(=O)Nc1cccc(C(C)=NNC(=O)Cn2c(C(F)(F)F)nc3ccccc32)c1. The smallest absolute Gasteiger partial charge is 0.326 e. The Bertz CT molecular complexity index is 1130. The van der Waals surface area contributed by atoms with Crippen LogP contribution < -0.4 is 10.7 Å². The fourth-order valence-electron chi connectivity index (χ4n) is 2.87. The summed E-state index contributed by atoms with van der Waals surface area (Å²) in [4.78, 5) is 27.1. The van der Waals surface area contributed by atoms with Crippen LogP contribution in [0.25, 0.3) is 11.0 Å². The predicted molar refractivity (Wildman–Crippen MR) is 106 cm³/mol. The molecule has 2 N–H and O–H groups in total. The minimum Gasteiger partial charge on any atom is -0.326 e. The monoisotopic (exact) mass is 417 g/mol. The number of rotatable bonds is 5. The Morgan fingerprint density at radius 3 is 2.53 bits per heavy atom. The second-order valence-corrected chi connectivity index (χ2v) is 6.50. The first kappa shape index (κ1) is 21.0. The minimum absolute atomic E-state index is 0.145. The number of benzene rings is 2. The van der Waals surface area contributed by atoms with Crippen LogP contribution in [0.1, 0.15) is 25.2 Å². The summed E-state index contributed by atoms with van der Waals surface area (Å²) in [5.41, 5.74) is 4.22. The van der Waals surface area contributed by atoms with Gasteiger partial charge < -0.3 is 9.88 Å². The molecule has 0 bridgehead atoms. The van der Waals surface area contributed by atoms with Gasteiger partial charge in [0.25, 0.3) is 5.91 Å². The molecule has 3 aromatic rings. The molecule has 2 amide bonds. The zero-order valence-electron chi connectivity index (χ0n) is 16.1. The van der Waals surface area contributed by atoms with Crippen LogP contribution in [0.3, 0.4) is 0 Å². The molecule has 2 aromatic carbocycles. The van der Waals surface area contributed by atoms with Crippen LogP contribution in [0.5, 0.6) is 0 Å². The van der Waals surface area contributed by atoms with Crippen molar-refractivity contribution in [1.82, 2.24) is 15.0 Å². The number of fused-ring (bicyclic) bond motifs is 1. The lowest BCUT2D eigenvalue weighted by Crippen LogP contribution is -2.27. The largest absolute Gasteiger partial charge is 0.449 e. The van der Waals surface area contributed by atoms with Gasteiger partial charge in [0.1, 0.15) is 6.54 Å². The summed E-state index contributed by atoms with van der Waals surface area (Å²) in [5, 5.41) is 6.59. The van der Waals surface area contributed by atoms with Gasteiger partial charge >= 0.3 is 6.18 Å². The van der Waals surface area contributed by atoms with E-state index in [1.54, 1.807) is 43.3 Å². The molecule has 0 saturated heterocycles. The van der Waals surface area contributed by atoms with Gasteiger partial charge in [0, 0.05) is 12.6 Å². The van der Waals surface area contributed by atoms with E-state index < -0.39 is 24.5 Å². The first-order valence-electron chi connectivity index (χ1n) is 8.89. The number of hydrazone groups is 1. The fraction of sp³-hybridized carbons (Fsp3) is 0.200. The van der Waals surface area contributed by atoms with Crippen LogP contribution in [-0.4, -0.2) is 27.1 Å². The van der Waals surface area contributed by atoms with Crippen LogP contribution in [0.4, 0.5) is 18.9 Å². The third-order valence-corrected chi connectivity index (χ3v) is 4.16. The van der Waals surface area contributed by atoms with E-state index in [0.29, 0.717) is 17.0 Å². The summed E-state index contributed by atoms with van der Waals surface area (Å²) in [6.45, 7) is 2.40. The second-order valence-electron chi connectivity index (χ2n) is 6.50. The summed E-state index contributed by atoms with van der Waals surface area (Å²) in [6.07, 6.45) is -4.71. The molecule has 1 aromatic heterocycles. The molecular weight excluding hydrogens is 399 g/mol. The lowest BCUT2D eigenvalue weighted by Gasteiger charge is -2.11. The molecule has 30 heavy (non-hydrogen) atoms. The average Bonchev–Trinajstić information content (AvgIpc) is 3.05. The highest BCUT2D eigenvalue weighted by molar-refractivity contribution is 6.00. The third kappa shape index (κ3) is 4.83. The van der Waals surface area contributed by atoms with Gasteiger partial charge in [0.2, 0.25) is 11.7 Å². The average molecular weight is 417 g/mol. The van der Waals surface area contributed by atoms with Crippen molar-refractivity contribution in [2.45, 2.75) is 26.6 Å². The van der Waals surface area contributed by atoms with E-state index in [4.69, 9.17) is 0 Å². The van der Waals surface area contributed by atoms with Crippen LogP contribution in [0.2, 0.25) is 0 Å². The lowest BCUT2D eigenvalue weighted by molar-refractivity contribution is -0.147. The van der Waals surface area contributed by atoms with Gasteiger partial charge in [0.15, 0.2) is 0 Å². The first-order valence-corrected chi connectivity index (χ1v) is 8.89. The molecule has 0 aliphatic heterocycles. The topological polar surface area (TPSA) is 88.4 Å². The van der Waals surface area contributed by atoms with Gasteiger partial charge in [-0.15, -0.1) is 0 Å². The molecule has 10 heteroatoms. The van der Waals surface area contributed by atoms with Gasteiger partial charge in [-0.2, -0.15) is 18.3 Å². The fourth-order valence-corrected chi connectivity index (χ4v) is 2.87. The molecule has 7 nitrogen and oxygen atoms in total. The Labute approximate surface area is 169 Å². The van der Waals surface area contributed by atoms with Gasteiger partial charge in [-0.05, 0) is 36.8 Å². The van der Waals surface area contributed by atoms with Gasteiger partial charge in [-0.25, -0.2) is 10.4 Å². The van der Waals surface area contributed by atoms with Crippen LogP contribution in [0, 0.1) is 0 Å². The Morgan fingerprint density at radius 2 is 1.83 bits per heavy atom. The number of nitrogens with zero attached hydrogens (tertiary/aromatic N) is 3. The van der Waals surface area contributed by atoms with Crippen molar-refractivity contribution in [2.75, 3.05) is 5.32 Å². The third-order valence-electron chi connectivity index (χ3n) is 4.16. The van der Waals surface area contributed by atoms with Crippen molar-refractivity contribution in [3.8, 4) is 0 Å². The molecule has 0 radical (unpaired) electrons. The molecule has 0 fully saturated rings. The molecule has 3 rings (SSSR count). The van der Waals surface area contributed by atoms with Crippen molar-refractivity contribution < 1.29 is 22.8 Å². The van der Waals surface area contributed by atoms with Crippen molar-refractivity contribution in [2.24, 2.45) is 5.10 Å². The Kier molecular flexibility index (Phi) is 5.86. The number of carbonyl (C=O) groups is 2. The molecule has 156 valence electrons. The van der Waals surface area contributed by atoms with E-state index in [1.165, 1.54) is 19.1 Å².